The van der Waals surface area contributed by atoms with Crippen LogP contribution in [0.2, 0.25) is 0 Å². The van der Waals surface area contributed by atoms with E-state index >= 15 is 0 Å². The van der Waals surface area contributed by atoms with Crippen LogP contribution in [-0.2, 0) is 10.0 Å². The fourth-order valence-corrected chi connectivity index (χ4v) is 3.29. The Morgan fingerprint density at radius 3 is 2.27 bits per heavy atom. The quantitative estimate of drug-likeness (QED) is 0.743. The number of hydrogen-bond acceptors (Lipinski definition) is 3. The first kappa shape index (κ1) is 12.9. The lowest BCUT2D eigenvalue weighted by atomic mass is 9.86. The van der Waals surface area contributed by atoms with Gasteiger partial charge in [0.1, 0.15) is 0 Å². The summed E-state index contributed by atoms with van der Waals surface area (Å²) in [7, 11) is -3.15. The van der Waals surface area contributed by atoms with Crippen molar-refractivity contribution in [3.63, 3.8) is 0 Å². The molecule has 1 aliphatic rings. The normalized spacial score (nSPS) is 20.3. The highest BCUT2D eigenvalue weighted by Gasteiger charge is 2.38. The summed E-state index contributed by atoms with van der Waals surface area (Å²) in [5, 5.41) is 8.72. The molecular formula is C10H21NO3S. The fourth-order valence-electron chi connectivity index (χ4n) is 1.47. The maximum Gasteiger partial charge on any atom is 0.214 e. The molecule has 1 atom stereocenters. The minimum Gasteiger partial charge on any atom is -0.396 e. The van der Waals surface area contributed by atoms with Gasteiger partial charge < -0.3 is 5.11 Å². The lowest BCUT2D eigenvalue weighted by Crippen LogP contribution is -2.45. The first-order valence-electron chi connectivity index (χ1n) is 5.39. The number of aliphatic hydroxyl groups excluding tert-OH is 1. The molecule has 1 rings (SSSR count). The average Bonchev–Trinajstić information content (AvgIpc) is 2.83. The first-order chi connectivity index (χ1) is 6.77. The SMILES string of the molecule is CC(C)(C)C(CCO)NS(=O)(=O)C1CC1. The topological polar surface area (TPSA) is 66.4 Å². The molecule has 90 valence electrons. The molecule has 0 spiro atoms. The maximum absolute atomic E-state index is 11.7. The predicted molar refractivity (Wildman–Crippen MR) is 60.0 cm³/mol. The highest BCUT2D eigenvalue weighted by atomic mass is 32.2. The Kier molecular flexibility index (Phi) is 3.79. The summed E-state index contributed by atoms with van der Waals surface area (Å²) in [6.45, 7) is 5.93. The van der Waals surface area contributed by atoms with Gasteiger partial charge in [0.05, 0.1) is 5.25 Å². The van der Waals surface area contributed by atoms with Crippen molar-refractivity contribution in [1.82, 2.24) is 4.72 Å². The van der Waals surface area contributed by atoms with Gasteiger partial charge in [0.15, 0.2) is 0 Å². The summed E-state index contributed by atoms with van der Waals surface area (Å²) < 4.78 is 26.2. The van der Waals surface area contributed by atoms with Crippen LogP contribution in [0.3, 0.4) is 0 Å². The maximum atomic E-state index is 11.7. The van der Waals surface area contributed by atoms with Gasteiger partial charge >= 0.3 is 0 Å². The Morgan fingerprint density at radius 2 is 1.93 bits per heavy atom. The second kappa shape index (κ2) is 4.39. The zero-order chi connectivity index (χ0) is 11.7. The third kappa shape index (κ3) is 3.74. The molecule has 4 nitrogen and oxygen atoms in total. The summed E-state index contributed by atoms with van der Waals surface area (Å²) >= 11 is 0. The summed E-state index contributed by atoms with van der Waals surface area (Å²) in [6.07, 6.45) is 2.01. The van der Waals surface area contributed by atoms with Gasteiger partial charge in [-0.15, -0.1) is 0 Å². The minimum atomic E-state index is -3.15. The standard InChI is InChI=1S/C10H21NO3S/c1-10(2,3)9(6-7-12)11-15(13,14)8-4-5-8/h8-9,11-12H,4-7H2,1-3H3. The highest BCUT2D eigenvalue weighted by Crippen LogP contribution is 2.30. The molecule has 5 heteroatoms. The van der Waals surface area contributed by atoms with Gasteiger partial charge in [-0.05, 0) is 24.7 Å². The molecule has 0 aromatic carbocycles. The number of sulfonamides is 1. The Bertz CT molecular complexity index is 301. The summed E-state index contributed by atoms with van der Waals surface area (Å²) in [5.41, 5.74) is -0.162. The lowest BCUT2D eigenvalue weighted by molar-refractivity contribution is 0.214. The highest BCUT2D eigenvalue weighted by molar-refractivity contribution is 7.90. The van der Waals surface area contributed by atoms with Gasteiger partial charge in [-0.25, -0.2) is 13.1 Å². The molecule has 1 fully saturated rings. The second-order valence-electron chi connectivity index (χ2n) is 5.29. The van der Waals surface area contributed by atoms with Crippen molar-refractivity contribution in [3.05, 3.63) is 0 Å². The molecular weight excluding hydrogens is 214 g/mol. The Balaban J connectivity index is 2.66. The van der Waals surface area contributed by atoms with Crippen LogP contribution in [0.5, 0.6) is 0 Å². The molecule has 0 aromatic heterocycles. The second-order valence-corrected chi connectivity index (χ2v) is 7.29. The first-order valence-corrected chi connectivity index (χ1v) is 6.94. The molecule has 0 amide bonds. The minimum absolute atomic E-state index is 0.00905. The molecule has 0 radical (unpaired) electrons. The van der Waals surface area contributed by atoms with Gasteiger partial charge in [-0.2, -0.15) is 0 Å². The van der Waals surface area contributed by atoms with Crippen LogP contribution in [0, 0.1) is 5.41 Å². The van der Waals surface area contributed by atoms with Gasteiger partial charge in [0.2, 0.25) is 10.0 Å². The Labute approximate surface area is 92.1 Å². The third-order valence-electron chi connectivity index (χ3n) is 2.73. The average molecular weight is 235 g/mol. The van der Waals surface area contributed by atoms with Crippen LogP contribution in [-0.4, -0.2) is 31.4 Å². The van der Waals surface area contributed by atoms with Gasteiger partial charge in [0, 0.05) is 12.6 Å². The number of nitrogens with one attached hydrogen (secondary N) is 1. The molecule has 0 heterocycles. The van der Waals surface area contributed by atoms with Crippen LogP contribution in [0.1, 0.15) is 40.0 Å². The van der Waals surface area contributed by atoms with Crippen molar-refractivity contribution in [1.29, 1.82) is 0 Å². The number of hydrogen-bond donors (Lipinski definition) is 2. The van der Waals surface area contributed by atoms with E-state index in [-0.39, 0.29) is 23.3 Å². The van der Waals surface area contributed by atoms with Crippen molar-refractivity contribution < 1.29 is 13.5 Å². The summed E-state index contributed by atoms with van der Waals surface area (Å²) in [5.74, 6) is 0. The monoisotopic (exact) mass is 235 g/mol. The Hall–Kier alpha value is -0.130. The Morgan fingerprint density at radius 1 is 1.40 bits per heavy atom. The largest absolute Gasteiger partial charge is 0.396 e. The molecule has 1 aliphatic carbocycles. The molecule has 1 unspecified atom stereocenters. The van der Waals surface area contributed by atoms with Crippen molar-refractivity contribution in [2.45, 2.75) is 51.3 Å². The van der Waals surface area contributed by atoms with E-state index in [2.05, 4.69) is 4.72 Å². The smallest absolute Gasteiger partial charge is 0.214 e. The van der Waals surface area contributed by atoms with E-state index in [0.717, 1.165) is 12.8 Å². The summed E-state index contributed by atoms with van der Waals surface area (Å²) in [4.78, 5) is 0. The summed E-state index contributed by atoms with van der Waals surface area (Å²) in [6, 6.07) is -0.187. The van der Waals surface area contributed by atoms with Crippen LogP contribution < -0.4 is 4.72 Å². The van der Waals surface area contributed by atoms with Gasteiger partial charge in [0.25, 0.3) is 0 Å². The molecule has 1 saturated carbocycles. The van der Waals surface area contributed by atoms with Crippen molar-refractivity contribution >= 4 is 10.0 Å². The zero-order valence-electron chi connectivity index (χ0n) is 9.66. The molecule has 0 bridgehead atoms. The fraction of sp³-hybridized carbons (Fsp3) is 1.00. The van der Waals surface area contributed by atoms with E-state index < -0.39 is 10.0 Å². The van der Waals surface area contributed by atoms with Gasteiger partial charge in [-0.3, -0.25) is 0 Å². The molecule has 2 N–H and O–H groups in total. The van der Waals surface area contributed by atoms with Crippen LogP contribution >= 0.6 is 0 Å². The molecule has 0 aromatic rings. The van der Waals surface area contributed by atoms with Crippen molar-refractivity contribution in [2.75, 3.05) is 6.61 Å². The van der Waals surface area contributed by atoms with Crippen LogP contribution in [0.25, 0.3) is 0 Å². The van der Waals surface area contributed by atoms with E-state index in [4.69, 9.17) is 5.11 Å². The van der Waals surface area contributed by atoms with E-state index in [1.54, 1.807) is 0 Å². The van der Waals surface area contributed by atoms with Gasteiger partial charge in [-0.1, -0.05) is 20.8 Å². The molecule has 0 saturated heterocycles. The van der Waals surface area contributed by atoms with Crippen LogP contribution in [0.15, 0.2) is 0 Å². The number of rotatable bonds is 5. The van der Waals surface area contributed by atoms with Crippen LogP contribution in [0.4, 0.5) is 0 Å². The van der Waals surface area contributed by atoms with Crippen molar-refractivity contribution in [3.8, 4) is 0 Å². The zero-order valence-corrected chi connectivity index (χ0v) is 10.5. The number of aliphatic hydroxyl groups is 1. The van der Waals surface area contributed by atoms with E-state index in [1.807, 2.05) is 20.8 Å². The van der Waals surface area contributed by atoms with Crippen molar-refractivity contribution in [2.24, 2.45) is 5.41 Å². The predicted octanol–water partition coefficient (Wildman–Crippen LogP) is 0.865. The lowest BCUT2D eigenvalue weighted by Gasteiger charge is -2.30. The van der Waals surface area contributed by atoms with E-state index in [1.165, 1.54) is 0 Å². The molecule has 15 heavy (non-hydrogen) atoms. The van der Waals surface area contributed by atoms with E-state index in [9.17, 15) is 8.42 Å². The molecule has 0 aliphatic heterocycles. The third-order valence-corrected chi connectivity index (χ3v) is 4.70. The van der Waals surface area contributed by atoms with E-state index in [0.29, 0.717) is 6.42 Å².